The van der Waals surface area contributed by atoms with E-state index in [1.54, 1.807) is 31.3 Å². The number of likely N-dealkylation sites (N-methyl/N-ethyl adjacent to an activating group) is 1. The third-order valence-electron chi connectivity index (χ3n) is 3.71. The Kier molecular flexibility index (Phi) is 6.10. The molecule has 0 saturated carbocycles. The fourth-order valence-electron chi connectivity index (χ4n) is 2.35. The maximum Gasteiger partial charge on any atom is 0.326 e. The lowest BCUT2D eigenvalue weighted by atomic mass is 10.3. The van der Waals surface area contributed by atoms with Crippen LogP contribution >= 0.6 is 0 Å². The van der Waals surface area contributed by atoms with Gasteiger partial charge in [-0.15, -0.1) is 0 Å². The van der Waals surface area contributed by atoms with Crippen LogP contribution in [0.4, 0.5) is 10.5 Å². The molecule has 1 N–H and O–H groups in total. The molecule has 0 aromatic heterocycles. The number of hydrogen-bond donors (Lipinski definition) is 1. The van der Waals surface area contributed by atoms with E-state index in [-0.39, 0.29) is 37.9 Å². The second kappa shape index (κ2) is 8.27. The quantitative estimate of drug-likeness (QED) is 0.591. The van der Waals surface area contributed by atoms with E-state index in [2.05, 4.69) is 5.32 Å². The lowest BCUT2D eigenvalue weighted by Crippen LogP contribution is -2.33. The molecule has 0 bridgehead atoms. The van der Waals surface area contributed by atoms with E-state index < -0.39 is 18.0 Å². The fourth-order valence-corrected chi connectivity index (χ4v) is 2.35. The number of nitrogens with one attached hydrogen (secondary N) is 1. The van der Waals surface area contributed by atoms with Gasteiger partial charge in [-0.05, 0) is 25.5 Å². The molecule has 1 aromatic rings. The predicted molar refractivity (Wildman–Crippen MR) is 89.6 cm³/mol. The monoisotopic (exact) mass is 347 g/mol. The highest BCUT2D eigenvalue weighted by atomic mass is 16.5. The Hall–Kier alpha value is -2.90. The first-order chi connectivity index (χ1) is 11.9. The third kappa shape index (κ3) is 5.03. The standard InChI is InChI=1S/C17H21N3O5/c1-12(16(23)18-13-7-4-3-5-8-13)25-15(22)9-6-10-20-14(21)11-19(2)17(20)24/h3-5,7-8,12H,6,9-11H2,1-2H3,(H,18,23)/t12-/m1/s1. The number of imide groups is 1. The summed E-state index contributed by atoms with van der Waals surface area (Å²) in [7, 11) is 1.54. The summed E-state index contributed by atoms with van der Waals surface area (Å²) in [5.41, 5.74) is 0.616. The molecule has 8 nitrogen and oxygen atoms in total. The van der Waals surface area contributed by atoms with Gasteiger partial charge in [0.05, 0.1) is 0 Å². The van der Waals surface area contributed by atoms with Crippen molar-refractivity contribution in [3.8, 4) is 0 Å². The number of carbonyl (C=O) groups excluding carboxylic acids is 4. The third-order valence-corrected chi connectivity index (χ3v) is 3.71. The molecule has 1 heterocycles. The molecule has 0 radical (unpaired) electrons. The van der Waals surface area contributed by atoms with E-state index in [1.807, 2.05) is 6.07 Å². The van der Waals surface area contributed by atoms with Crippen molar-refractivity contribution < 1.29 is 23.9 Å². The van der Waals surface area contributed by atoms with Crippen LogP contribution in [0.3, 0.4) is 0 Å². The van der Waals surface area contributed by atoms with Crippen LogP contribution in [0.15, 0.2) is 30.3 Å². The van der Waals surface area contributed by atoms with Crippen LogP contribution < -0.4 is 5.32 Å². The summed E-state index contributed by atoms with van der Waals surface area (Å²) in [4.78, 5) is 49.5. The number of carbonyl (C=O) groups is 4. The van der Waals surface area contributed by atoms with Gasteiger partial charge in [-0.25, -0.2) is 4.79 Å². The van der Waals surface area contributed by atoms with E-state index in [0.717, 1.165) is 4.90 Å². The van der Waals surface area contributed by atoms with Gasteiger partial charge < -0.3 is 15.0 Å². The van der Waals surface area contributed by atoms with Crippen molar-refractivity contribution in [1.29, 1.82) is 0 Å². The zero-order chi connectivity index (χ0) is 18.4. The first-order valence-corrected chi connectivity index (χ1v) is 7.99. The molecule has 0 unspecified atom stereocenters. The van der Waals surface area contributed by atoms with Crippen molar-refractivity contribution in [2.75, 3.05) is 25.5 Å². The number of amides is 4. The highest BCUT2D eigenvalue weighted by Gasteiger charge is 2.33. The van der Waals surface area contributed by atoms with Crippen LogP contribution in [-0.4, -0.2) is 59.9 Å². The van der Waals surface area contributed by atoms with Crippen LogP contribution in [0.25, 0.3) is 0 Å². The minimum atomic E-state index is -0.936. The number of esters is 1. The molecule has 4 amide bonds. The van der Waals surface area contributed by atoms with Gasteiger partial charge >= 0.3 is 12.0 Å². The van der Waals surface area contributed by atoms with Crippen LogP contribution in [-0.2, 0) is 19.1 Å². The van der Waals surface area contributed by atoms with E-state index in [1.165, 1.54) is 11.8 Å². The number of nitrogens with zero attached hydrogens (tertiary/aromatic N) is 2. The van der Waals surface area contributed by atoms with Gasteiger partial charge in [0.25, 0.3) is 5.91 Å². The van der Waals surface area contributed by atoms with Crippen LogP contribution in [0.2, 0.25) is 0 Å². The minimum absolute atomic E-state index is 0.0176. The van der Waals surface area contributed by atoms with Crippen LogP contribution in [0.1, 0.15) is 19.8 Å². The molecule has 1 aliphatic rings. The maximum atomic E-state index is 12.0. The summed E-state index contributed by atoms with van der Waals surface area (Å²) in [5, 5.41) is 2.65. The molecular formula is C17H21N3O5. The normalized spacial score (nSPS) is 15.3. The number of benzene rings is 1. The SMILES string of the molecule is C[C@@H](OC(=O)CCCN1C(=O)CN(C)C1=O)C(=O)Nc1ccccc1. The van der Waals surface area contributed by atoms with Crippen molar-refractivity contribution in [3.05, 3.63) is 30.3 Å². The zero-order valence-corrected chi connectivity index (χ0v) is 14.2. The van der Waals surface area contributed by atoms with Crippen molar-refractivity contribution in [2.45, 2.75) is 25.9 Å². The molecule has 25 heavy (non-hydrogen) atoms. The lowest BCUT2D eigenvalue weighted by Gasteiger charge is -2.15. The molecule has 1 saturated heterocycles. The highest BCUT2D eigenvalue weighted by molar-refractivity contribution is 6.01. The average Bonchev–Trinajstić information content (AvgIpc) is 2.81. The van der Waals surface area contributed by atoms with Crippen molar-refractivity contribution >= 4 is 29.5 Å². The lowest BCUT2D eigenvalue weighted by molar-refractivity contribution is -0.153. The first-order valence-electron chi connectivity index (χ1n) is 7.99. The Labute approximate surface area is 145 Å². The Balaban J connectivity index is 1.71. The molecule has 1 aliphatic heterocycles. The molecule has 1 fully saturated rings. The number of rotatable bonds is 7. The Morgan fingerprint density at radius 1 is 1.24 bits per heavy atom. The summed E-state index contributed by atoms with van der Waals surface area (Å²) in [5.74, 6) is -1.26. The van der Waals surface area contributed by atoms with E-state index >= 15 is 0 Å². The number of urea groups is 1. The summed E-state index contributed by atoms with van der Waals surface area (Å²) < 4.78 is 5.07. The van der Waals surface area contributed by atoms with Gasteiger partial charge in [-0.3, -0.25) is 19.3 Å². The molecule has 0 aliphatic carbocycles. The number of anilines is 1. The Morgan fingerprint density at radius 3 is 2.52 bits per heavy atom. The molecule has 2 rings (SSSR count). The largest absolute Gasteiger partial charge is 0.453 e. The maximum absolute atomic E-state index is 12.0. The first kappa shape index (κ1) is 18.4. The van der Waals surface area contributed by atoms with Crippen molar-refractivity contribution in [3.63, 3.8) is 0 Å². The number of ether oxygens (including phenoxy) is 1. The fraction of sp³-hybridized carbons (Fsp3) is 0.412. The average molecular weight is 347 g/mol. The minimum Gasteiger partial charge on any atom is -0.453 e. The molecule has 8 heteroatoms. The second-order valence-corrected chi connectivity index (χ2v) is 5.77. The smallest absolute Gasteiger partial charge is 0.326 e. The molecular weight excluding hydrogens is 326 g/mol. The highest BCUT2D eigenvalue weighted by Crippen LogP contribution is 2.10. The Morgan fingerprint density at radius 2 is 1.92 bits per heavy atom. The molecule has 1 aromatic carbocycles. The van der Waals surface area contributed by atoms with Gasteiger partial charge in [-0.2, -0.15) is 0 Å². The van der Waals surface area contributed by atoms with Crippen LogP contribution in [0.5, 0.6) is 0 Å². The van der Waals surface area contributed by atoms with Crippen molar-refractivity contribution in [1.82, 2.24) is 9.80 Å². The van der Waals surface area contributed by atoms with Gasteiger partial charge in [-0.1, -0.05) is 18.2 Å². The van der Waals surface area contributed by atoms with Gasteiger partial charge in [0.1, 0.15) is 6.54 Å². The molecule has 134 valence electrons. The number of hydrogen-bond acceptors (Lipinski definition) is 5. The number of para-hydroxylation sites is 1. The topological polar surface area (TPSA) is 96.0 Å². The van der Waals surface area contributed by atoms with E-state index in [9.17, 15) is 19.2 Å². The molecule has 0 spiro atoms. The zero-order valence-electron chi connectivity index (χ0n) is 14.2. The predicted octanol–water partition coefficient (Wildman–Crippen LogP) is 1.23. The van der Waals surface area contributed by atoms with E-state index in [4.69, 9.17) is 4.74 Å². The van der Waals surface area contributed by atoms with Crippen LogP contribution in [0, 0.1) is 0 Å². The van der Waals surface area contributed by atoms with Gasteiger partial charge in [0.2, 0.25) is 5.91 Å². The van der Waals surface area contributed by atoms with Gasteiger partial charge in [0, 0.05) is 25.7 Å². The summed E-state index contributed by atoms with van der Waals surface area (Å²) in [6.07, 6.45) is -0.630. The molecule has 1 atom stereocenters. The Bertz CT molecular complexity index is 662. The van der Waals surface area contributed by atoms with E-state index in [0.29, 0.717) is 5.69 Å². The summed E-state index contributed by atoms with van der Waals surface area (Å²) in [6, 6.07) is 8.48. The van der Waals surface area contributed by atoms with Gasteiger partial charge in [0.15, 0.2) is 6.10 Å². The van der Waals surface area contributed by atoms with Crippen molar-refractivity contribution in [2.24, 2.45) is 0 Å². The summed E-state index contributed by atoms with van der Waals surface area (Å²) >= 11 is 0. The second-order valence-electron chi connectivity index (χ2n) is 5.77. The summed E-state index contributed by atoms with van der Waals surface area (Å²) in [6.45, 7) is 1.69.